The van der Waals surface area contributed by atoms with Gasteiger partial charge < -0.3 is 20.3 Å². The Morgan fingerprint density at radius 2 is 1.70 bits per heavy atom. The molecule has 5 aromatic rings. The van der Waals surface area contributed by atoms with Gasteiger partial charge in [-0.1, -0.05) is 31.2 Å². The van der Waals surface area contributed by atoms with Crippen LogP contribution in [0.1, 0.15) is 103 Å². The number of pyridine rings is 1. The van der Waals surface area contributed by atoms with Crippen molar-refractivity contribution in [1.82, 2.24) is 34.3 Å². The zero-order valence-electron chi connectivity index (χ0n) is 34.8. The number of anilines is 3. The number of nitrogens with one attached hydrogen (secondary N) is 2. The summed E-state index contributed by atoms with van der Waals surface area (Å²) in [7, 11) is 1.90. The Bertz CT molecular complexity index is 2490. The number of halogens is 2. The number of carboxylic acid groups (broad SMARTS) is 1. The highest BCUT2D eigenvalue weighted by Gasteiger charge is 2.57. The van der Waals surface area contributed by atoms with E-state index in [1.54, 1.807) is 6.20 Å². The number of alkyl halides is 2. The van der Waals surface area contributed by atoms with Gasteiger partial charge in [-0.2, -0.15) is 0 Å². The summed E-state index contributed by atoms with van der Waals surface area (Å²) in [5, 5.41) is 16.3. The lowest BCUT2D eigenvalue weighted by molar-refractivity contribution is -0.148. The van der Waals surface area contributed by atoms with E-state index in [2.05, 4.69) is 42.3 Å². The number of benzene rings is 2. The van der Waals surface area contributed by atoms with E-state index in [1.165, 1.54) is 0 Å². The van der Waals surface area contributed by atoms with Crippen LogP contribution in [-0.4, -0.2) is 77.5 Å². The van der Waals surface area contributed by atoms with Crippen LogP contribution in [0.25, 0.3) is 22.2 Å². The lowest BCUT2D eigenvalue weighted by Crippen LogP contribution is -2.34. The minimum absolute atomic E-state index is 0.136. The molecule has 0 radical (unpaired) electrons. The fourth-order valence-electron chi connectivity index (χ4n) is 10.5. The van der Waals surface area contributed by atoms with Crippen molar-refractivity contribution in [2.24, 2.45) is 23.8 Å². The van der Waals surface area contributed by atoms with Crippen molar-refractivity contribution in [1.29, 1.82) is 0 Å². The molecule has 1 amide bonds. The predicted octanol–water partition coefficient (Wildman–Crippen LogP) is 8.60. The molecule has 1 saturated heterocycles. The third-order valence-electron chi connectivity index (χ3n) is 14.1. The van der Waals surface area contributed by atoms with Gasteiger partial charge in [0.1, 0.15) is 5.52 Å². The summed E-state index contributed by atoms with van der Waals surface area (Å²) in [6.07, 6.45) is 6.24. The molecular formula is C46H53F2N9O3. The van der Waals surface area contributed by atoms with Crippen molar-refractivity contribution >= 4 is 40.1 Å². The summed E-state index contributed by atoms with van der Waals surface area (Å²) in [4.78, 5) is 48.6. The molecule has 2 saturated carbocycles. The minimum Gasteiger partial charge on any atom is -0.481 e. The van der Waals surface area contributed by atoms with E-state index in [4.69, 9.17) is 4.98 Å². The van der Waals surface area contributed by atoms with Crippen LogP contribution < -0.4 is 10.6 Å². The highest BCUT2D eigenvalue weighted by molar-refractivity contribution is 6.03. The van der Waals surface area contributed by atoms with Gasteiger partial charge in [0.05, 0.1) is 16.6 Å². The van der Waals surface area contributed by atoms with Gasteiger partial charge in [-0.25, -0.2) is 23.7 Å². The number of fused-ring (bicyclic) bond motifs is 4. The second-order valence-electron chi connectivity index (χ2n) is 18.0. The highest BCUT2D eigenvalue weighted by Crippen LogP contribution is 2.63. The molecule has 9 rings (SSSR count). The lowest BCUT2D eigenvalue weighted by Gasteiger charge is -2.32. The molecule has 3 aromatic heterocycles. The first-order valence-electron chi connectivity index (χ1n) is 21.3. The van der Waals surface area contributed by atoms with Crippen molar-refractivity contribution in [2.75, 3.05) is 36.8 Å². The first-order chi connectivity index (χ1) is 28.8. The van der Waals surface area contributed by atoms with Crippen molar-refractivity contribution in [3.05, 3.63) is 88.4 Å². The summed E-state index contributed by atoms with van der Waals surface area (Å²) in [5.74, 6) is -0.272. The molecule has 314 valence electrons. The molecule has 1 atom stereocenters. The van der Waals surface area contributed by atoms with E-state index >= 15 is 0 Å². The van der Waals surface area contributed by atoms with Crippen LogP contribution in [-0.2, 0) is 31.4 Å². The molecule has 2 aliphatic heterocycles. The number of carbonyl (C=O) groups is 2. The average Bonchev–Trinajstić information content (AvgIpc) is 4.01. The second-order valence-corrected chi connectivity index (χ2v) is 18.0. The number of aromatic nitrogens is 5. The average molecular weight is 818 g/mol. The Labute approximate surface area is 348 Å². The van der Waals surface area contributed by atoms with Crippen molar-refractivity contribution < 1.29 is 23.5 Å². The number of aliphatic carboxylic acids is 1. The SMILES string of the molecule is Cc1c(NC(=O)c2nc3c(n2C)CCN(CCC24CCC(C(=O)O)(CC2)C4)C3)cccc1-c1cccc(Nc2nc(C(F)F)nc3cc(CN4CCC(C)C4)cnc23)c1C. The number of likely N-dealkylation sites (tertiary alicyclic amines) is 1. The maximum Gasteiger partial charge on any atom is 0.309 e. The number of hydrogen-bond acceptors (Lipinski definition) is 9. The van der Waals surface area contributed by atoms with E-state index < -0.39 is 23.6 Å². The Hall–Kier alpha value is -5.34. The summed E-state index contributed by atoms with van der Waals surface area (Å²) in [5.41, 5.74) is 8.23. The van der Waals surface area contributed by atoms with E-state index in [0.717, 1.165) is 117 Å². The second kappa shape index (κ2) is 15.6. The largest absolute Gasteiger partial charge is 0.481 e. The Balaban J connectivity index is 0.907. The van der Waals surface area contributed by atoms with E-state index in [1.807, 2.05) is 67.9 Å². The normalized spacial score (nSPS) is 22.8. The monoisotopic (exact) mass is 817 g/mol. The van der Waals surface area contributed by atoms with E-state index in [0.29, 0.717) is 47.2 Å². The molecule has 60 heavy (non-hydrogen) atoms. The number of nitrogens with zero attached hydrogens (tertiary/aromatic N) is 7. The van der Waals surface area contributed by atoms with Crippen LogP contribution in [0.15, 0.2) is 48.7 Å². The van der Waals surface area contributed by atoms with Crippen LogP contribution in [0.4, 0.5) is 26.0 Å². The van der Waals surface area contributed by atoms with Crippen LogP contribution >= 0.6 is 0 Å². The van der Waals surface area contributed by atoms with E-state index in [9.17, 15) is 23.5 Å². The smallest absolute Gasteiger partial charge is 0.309 e. The summed E-state index contributed by atoms with van der Waals surface area (Å²) in [6, 6.07) is 13.4. The Morgan fingerprint density at radius 3 is 2.38 bits per heavy atom. The number of rotatable bonds is 12. The van der Waals surface area contributed by atoms with E-state index in [-0.39, 0.29) is 17.1 Å². The Kier molecular flexibility index (Phi) is 10.4. The molecule has 5 heterocycles. The van der Waals surface area contributed by atoms with Crippen LogP contribution in [0.3, 0.4) is 0 Å². The van der Waals surface area contributed by atoms with Crippen molar-refractivity contribution in [3.63, 3.8) is 0 Å². The van der Waals surface area contributed by atoms with Gasteiger partial charge in [0.15, 0.2) is 17.5 Å². The molecule has 2 aromatic carbocycles. The van der Waals surface area contributed by atoms with Crippen LogP contribution in [0.5, 0.6) is 0 Å². The van der Waals surface area contributed by atoms with Crippen LogP contribution in [0, 0.1) is 30.6 Å². The zero-order chi connectivity index (χ0) is 41.9. The zero-order valence-corrected chi connectivity index (χ0v) is 34.8. The van der Waals surface area contributed by atoms with Gasteiger partial charge in [-0.05, 0) is 129 Å². The standard InChI is InChI=1S/C46H53F2N9O3/c1-27-11-18-57(23-27)24-30-21-35-38(49-22-30)40(54-41(51-35)39(47)48)50-33-9-5-7-31(28(33)2)32-8-6-10-34(29(32)3)53-43(58)42-52-36-25-56(19-12-37(36)55(42)4)20-17-45-13-15-46(26-45,16-14-45)44(59)60/h5-10,21-22,27,39H,11-20,23-26H2,1-4H3,(H,53,58)(H,59,60)(H,50,51,54). The topological polar surface area (TPSA) is 141 Å². The third kappa shape index (κ3) is 7.42. The summed E-state index contributed by atoms with van der Waals surface area (Å²) >= 11 is 0. The van der Waals surface area contributed by atoms with Gasteiger partial charge in [0.2, 0.25) is 0 Å². The molecule has 3 fully saturated rings. The number of amides is 1. The first-order valence-corrected chi connectivity index (χ1v) is 21.3. The Morgan fingerprint density at radius 1 is 0.967 bits per heavy atom. The summed E-state index contributed by atoms with van der Waals surface area (Å²) in [6.45, 7) is 11.3. The minimum atomic E-state index is -2.85. The van der Waals surface area contributed by atoms with Crippen molar-refractivity contribution in [3.8, 4) is 11.1 Å². The molecular weight excluding hydrogens is 765 g/mol. The lowest BCUT2D eigenvalue weighted by atomic mass is 9.80. The number of carboxylic acids is 1. The van der Waals surface area contributed by atoms with Gasteiger partial charge >= 0.3 is 5.97 Å². The number of hydrogen-bond donors (Lipinski definition) is 3. The summed E-state index contributed by atoms with van der Waals surface area (Å²) < 4.78 is 30.2. The molecule has 3 N–H and O–H groups in total. The maximum atomic E-state index is 14.1. The fourth-order valence-corrected chi connectivity index (χ4v) is 10.5. The quantitative estimate of drug-likeness (QED) is 0.112. The van der Waals surface area contributed by atoms with Crippen molar-refractivity contribution in [2.45, 2.75) is 91.7 Å². The molecule has 2 aliphatic carbocycles. The van der Waals surface area contributed by atoms with Gasteiger partial charge in [0, 0.05) is 62.9 Å². The fraction of sp³-hybridized carbons (Fsp3) is 0.478. The predicted molar refractivity (Wildman–Crippen MR) is 226 cm³/mol. The molecule has 14 heteroatoms. The highest BCUT2D eigenvalue weighted by atomic mass is 19.3. The molecule has 1 unspecified atom stereocenters. The molecule has 12 nitrogen and oxygen atoms in total. The maximum absolute atomic E-state index is 14.1. The number of imidazole rings is 1. The molecule has 0 spiro atoms. The molecule has 2 bridgehead atoms. The van der Waals surface area contributed by atoms with Gasteiger partial charge in [0.25, 0.3) is 12.3 Å². The van der Waals surface area contributed by atoms with Gasteiger partial charge in [-0.15, -0.1) is 0 Å². The van der Waals surface area contributed by atoms with Crippen LogP contribution in [0.2, 0.25) is 0 Å². The number of carbonyl (C=O) groups excluding carboxylic acids is 1. The van der Waals surface area contributed by atoms with Gasteiger partial charge in [-0.3, -0.25) is 24.4 Å². The first kappa shape index (κ1) is 40.1. The molecule has 4 aliphatic rings. The third-order valence-corrected chi connectivity index (χ3v) is 14.1.